The van der Waals surface area contributed by atoms with Gasteiger partial charge in [0.2, 0.25) is 13.6 Å². The van der Waals surface area contributed by atoms with Crippen LogP contribution in [0.25, 0.3) is 6.08 Å². The number of fused-ring (bicyclic) bond motifs is 3. The summed E-state index contributed by atoms with van der Waals surface area (Å²) in [5.41, 5.74) is 6.03. The molecule has 0 amide bonds. The summed E-state index contributed by atoms with van der Waals surface area (Å²) >= 11 is 0. The summed E-state index contributed by atoms with van der Waals surface area (Å²) in [7, 11) is 0. The Balaban J connectivity index is 1.35. The van der Waals surface area contributed by atoms with E-state index >= 15 is 0 Å². The number of allylic oxidation sites excluding steroid dienone is 1. The topological polar surface area (TPSA) is 52.5 Å². The molecule has 3 aromatic carbocycles. The van der Waals surface area contributed by atoms with Crippen LogP contribution in [0.4, 0.5) is 5.69 Å². The van der Waals surface area contributed by atoms with Crippen molar-refractivity contribution in [1.82, 2.24) is 0 Å². The highest BCUT2D eigenvalue weighted by Gasteiger charge is 2.46. The molecule has 6 heteroatoms. The molecule has 3 heterocycles. The minimum Gasteiger partial charge on any atom is -0.454 e. The zero-order valence-electron chi connectivity index (χ0n) is 22.0. The van der Waals surface area contributed by atoms with Gasteiger partial charge < -0.3 is 18.9 Å². The largest absolute Gasteiger partial charge is 0.454 e. The van der Waals surface area contributed by atoms with Gasteiger partial charge >= 0.3 is 0 Å². The predicted octanol–water partition coefficient (Wildman–Crippen LogP) is 7.22. The zero-order chi connectivity index (χ0) is 25.9. The quantitative estimate of drug-likeness (QED) is 0.374. The molecule has 0 spiro atoms. The minimum atomic E-state index is 0.0622. The first-order chi connectivity index (χ1) is 18.4. The maximum absolute atomic E-state index is 5.78. The van der Waals surface area contributed by atoms with E-state index in [0.29, 0.717) is 5.92 Å². The predicted molar refractivity (Wildman–Crippen MR) is 148 cm³/mol. The van der Waals surface area contributed by atoms with E-state index in [9.17, 15) is 0 Å². The molecule has 1 saturated carbocycles. The molecular formula is C32H32N2O4. The smallest absolute Gasteiger partial charge is 0.231 e. The van der Waals surface area contributed by atoms with Gasteiger partial charge in [-0.1, -0.05) is 51.1 Å². The Morgan fingerprint density at radius 2 is 1.50 bits per heavy atom. The Morgan fingerprint density at radius 3 is 2.24 bits per heavy atom. The van der Waals surface area contributed by atoms with Crippen LogP contribution in [0.15, 0.2) is 77.4 Å². The Hall–Kier alpha value is -3.93. The number of para-hydroxylation sites is 1. The molecule has 4 aliphatic rings. The Labute approximate surface area is 223 Å². The maximum Gasteiger partial charge on any atom is 0.231 e. The number of rotatable bonds is 3. The minimum absolute atomic E-state index is 0.0622. The highest BCUT2D eigenvalue weighted by molar-refractivity contribution is 6.08. The van der Waals surface area contributed by atoms with E-state index in [0.717, 1.165) is 47.1 Å². The fraction of sp³-hybridized carbons (Fsp3) is 0.344. The number of hydrogen-bond acceptors (Lipinski definition) is 6. The molecule has 0 radical (unpaired) electrons. The van der Waals surface area contributed by atoms with Crippen molar-refractivity contribution in [2.75, 3.05) is 18.6 Å². The van der Waals surface area contributed by atoms with E-state index in [-0.39, 0.29) is 31.0 Å². The fourth-order valence-electron chi connectivity index (χ4n) is 6.14. The molecule has 3 aromatic rings. The van der Waals surface area contributed by atoms with Gasteiger partial charge in [-0.05, 0) is 83.3 Å². The van der Waals surface area contributed by atoms with Crippen LogP contribution >= 0.6 is 0 Å². The molecule has 3 aliphatic heterocycles. The first-order valence-electron chi connectivity index (χ1n) is 13.4. The molecule has 0 aromatic heterocycles. The number of anilines is 1. The summed E-state index contributed by atoms with van der Waals surface area (Å²) in [5, 5.41) is 7.57. The van der Waals surface area contributed by atoms with Crippen molar-refractivity contribution >= 4 is 17.5 Å². The van der Waals surface area contributed by atoms with Crippen LogP contribution in [-0.4, -0.2) is 19.3 Å². The molecule has 0 saturated heterocycles. The van der Waals surface area contributed by atoms with Crippen LogP contribution in [-0.2, 0) is 0 Å². The Morgan fingerprint density at radius 1 is 0.816 bits per heavy atom. The highest BCUT2D eigenvalue weighted by Crippen LogP contribution is 2.52. The lowest BCUT2D eigenvalue weighted by atomic mass is 9.65. The van der Waals surface area contributed by atoms with Gasteiger partial charge in [-0.25, -0.2) is 0 Å². The third-order valence-corrected chi connectivity index (χ3v) is 8.27. The summed E-state index contributed by atoms with van der Waals surface area (Å²) in [4.78, 5) is 0. The number of benzene rings is 3. The molecule has 3 atom stereocenters. The van der Waals surface area contributed by atoms with Crippen LogP contribution in [0.3, 0.4) is 0 Å². The Kier molecular flexibility index (Phi) is 5.39. The second-order valence-electron chi connectivity index (χ2n) is 11.6. The van der Waals surface area contributed by atoms with E-state index in [1.807, 2.05) is 12.1 Å². The molecule has 1 aliphatic carbocycles. The number of hydrogen-bond donors (Lipinski definition) is 0. The van der Waals surface area contributed by atoms with Gasteiger partial charge in [-0.3, -0.25) is 5.01 Å². The molecular weight excluding hydrogens is 476 g/mol. The van der Waals surface area contributed by atoms with E-state index in [1.54, 1.807) is 0 Å². The number of nitrogens with zero attached hydrogens (tertiary/aromatic N) is 2. The summed E-state index contributed by atoms with van der Waals surface area (Å²) in [6, 6.07) is 23.1. The van der Waals surface area contributed by atoms with Crippen molar-refractivity contribution < 1.29 is 18.9 Å². The van der Waals surface area contributed by atoms with Crippen molar-refractivity contribution in [2.24, 2.45) is 22.4 Å². The van der Waals surface area contributed by atoms with Gasteiger partial charge in [-0.2, -0.15) is 5.10 Å². The zero-order valence-corrected chi connectivity index (χ0v) is 22.0. The normalized spacial score (nSPS) is 24.5. The van der Waals surface area contributed by atoms with Crippen LogP contribution in [0, 0.1) is 17.3 Å². The number of hydrazone groups is 1. The molecule has 0 unspecified atom stereocenters. The lowest BCUT2D eigenvalue weighted by Crippen LogP contribution is -2.35. The third kappa shape index (κ3) is 3.99. The average Bonchev–Trinajstić information content (AvgIpc) is 3.66. The van der Waals surface area contributed by atoms with Crippen molar-refractivity contribution in [3.63, 3.8) is 0 Å². The van der Waals surface area contributed by atoms with Crippen LogP contribution in [0.2, 0.25) is 0 Å². The van der Waals surface area contributed by atoms with Crippen molar-refractivity contribution in [3.8, 4) is 23.0 Å². The van der Waals surface area contributed by atoms with Gasteiger partial charge in [0.1, 0.15) is 0 Å². The summed E-state index contributed by atoms with van der Waals surface area (Å²) in [6.07, 6.45) is 4.36. The van der Waals surface area contributed by atoms with E-state index in [1.165, 1.54) is 16.8 Å². The highest BCUT2D eigenvalue weighted by atomic mass is 16.7. The van der Waals surface area contributed by atoms with Crippen LogP contribution < -0.4 is 24.0 Å². The first kappa shape index (κ1) is 23.2. The molecule has 7 rings (SSSR count). The SMILES string of the molecule is CC(C)(C)[C@H]1C/C(=C\c2ccc3c(c2)OCO3)C2=NN(c3ccccc3)[C@@H](c3ccc4c(c3)OCO4)[C@H]2C1. The van der Waals surface area contributed by atoms with E-state index in [2.05, 4.69) is 86.5 Å². The van der Waals surface area contributed by atoms with Crippen molar-refractivity contribution in [3.05, 3.63) is 83.4 Å². The van der Waals surface area contributed by atoms with Crippen molar-refractivity contribution in [1.29, 1.82) is 0 Å². The van der Waals surface area contributed by atoms with Crippen LogP contribution in [0.5, 0.6) is 23.0 Å². The first-order valence-corrected chi connectivity index (χ1v) is 13.4. The summed E-state index contributed by atoms with van der Waals surface area (Å²) < 4.78 is 22.6. The monoisotopic (exact) mass is 508 g/mol. The summed E-state index contributed by atoms with van der Waals surface area (Å²) in [6.45, 7) is 7.62. The van der Waals surface area contributed by atoms with Crippen molar-refractivity contribution in [2.45, 2.75) is 39.7 Å². The second kappa shape index (κ2) is 8.83. The standard InChI is InChI=1S/C32H32N2O4/c1-32(2,3)23-15-22(13-20-9-11-26-28(14-20)37-18-35-26)30-25(17-23)31(34(33-30)24-7-5-4-6-8-24)21-10-12-27-29(16-21)38-19-36-27/h4-14,16,23,25,31H,15,17-19H2,1-3H3/b22-13+/t23-,25-,31-/m0/s1. The van der Waals surface area contributed by atoms with E-state index < -0.39 is 0 Å². The summed E-state index contributed by atoms with van der Waals surface area (Å²) in [5.74, 6) is 3.98. The molecule has 0 bridgehead atoms. The van der Waals surface area contributed by atoms with Gasteiger partial charge in [0.25, 0.3) is 0 Å². The van der Waals surface area contributed by atoms with Crippen LogP contribution in [0.1, 0.15) is 50.8 Å². The molecule has 1 fully saturated rings. The van der Waals surface area contributed by atoms with Gasteiger partial charge in [-0.15, -0.1) is 0 Å². The fourth-order valence-corrected chi connectivity index (χ4v) is 6.14. The second-order valence-corrected chi connectivity index (χ2v) is 11.6. The molecule has 194 valence electrons. The van der Waals surface area contributed by atoms with Gasteiger partial charge in [0.05, 0.1) is 17.4 Å². The third-order valence-electron chi connectivity index (χ3n) is 8.27. The van der Waals surface area contributed by atoms with Gasteiger partial charge in [0, 0.05) is 5.92 Å². The molecule has 38 heavy (non-hydrogen) atoms. The number of ether oxygens (including phenoxy) is 4. The lowest BCUT2D eigenvalue weighted by Gasteiger charge is -2.40. The van der Waals surface area contributed by atoms with E-state index in [4.69, 9.17) is 24.0 Å². The lowest BCUT2D eigenvalue weighted by molar-refractivity contribution is 0.173. The molecule has 0 N–H and O–H groups in total. The van der Waals surface area contributed by atoms with Gasteiger partial charge in [0.15, 0.2) is 23.0 Å². The molecule has 6 nitrogen and oxygen atoms in total. The Bertz CT molecular complexity index is 1440. The average molecular weight is 509 g/mol. The maximum atomic E-state index is 5.78.